The lowest BCUT2D eigenvalue weighted by molar-refractivity contribution is -0.316. The zero-order valence-corrected chi connectivity index (χ0v) is 6.49. The molecule has 0 aromatic heterocycles. The van der Waals surface area contributed by atoms with E-state index in [2.05, 4.69) is 15.9 Å². The third-order valence-electron chi connectivity index (χ3n) is 0.887. The van der Waals surface area contributed by atoms with Crippen LogP contribution < -0.4 is 5.11 Å². The van der Waals surface area contributed by atoms with Crippen molar-refractivity contribution in [1.29, 1.82) is 0 Å². The summed E-state index contributed by atoms with van der Waals surface area (Å²) < 4.78 is 0. The van der Waals surface area contributed by atoms with E-state index in [1.54, 1.807) is 13.8 Å². The summed E-state index contributed by atoms with van der Waals surface area (Å²) in [6, 6.07) is 0. The summed E-state index contributed by atoms with van der Waals surface area (Å²) in [5.74, 6) is -1.02. The fraction of sp³-hybridized carbons (Fsp3) is 0.800. The zero-order valence-electron chi connectivity index (χ0n) is 4.90. The molecule has 0 aliphatic rings. The summed E-state index contributed by atoms with van der Waals surface area (Å²) in [6.07, 6.45) is 0. The van der Waals surface area contributed by atoms with Gasteiger partial charge in [0.25, 0.3) is 0 Å². The molecule has 0 atom stereocenters. The lowest BCUT2D eigenvalue weighted by Crippen LogP contribution is -2.39. The molecule has 0 aromatic carbocycles. The summed E-state index contributed by atoms with van der Waals surface area (Å²) >= 11 is 3.05. The standard InChI is InChI=1S/C5H9BrO2/c1-5(2,3-6)4(7)8/h3H2,1-2H3,(H,7,8)/p-1. The van der Waals surface area contributed by atoms with Gasteiger partial charge in [0, 0.05) is 16.7 Å². The number of carbonyl (C=O) groups is 1. The van der Waals surface area contributed by atoms with Crippen LogP contribution >= 0.6 is 15.9 Å². The van der Waals surface area contributed by atoms with E-state index in [1.165, 1.54) is 0 Å². The van der Waals surface area contributed by atoms with Crippen LogP contribution in [0.15, 0.2) is 0 Å². The molecule has 0 unspecified atom stereocenters. The van der Waals surface area contributed by atoms with Crippen molar-refractivity contribution in [1.82, 2.24) is 0 Å². The van der Waals surface area contributed by atoms with Crippen molar-refractivity contribution in [2.75, 3.05) is 5.33 Å². The Morgan fingerprint density at radius 3 is 2.12 bits per heavy atom. The molecule has 0 N–H and O–H groups in total. The summed E-state index contributed by atoms with van der Waals surface area (Å²) in [5, 5.41) is 10.5. The first-order valence-corrected chi connectivity index (χ1v) is 3.40. The van der Waals surface area contributed by atoms with E-state index in [9.17, 15) is 9.90 Å². The number of aliphatic carboxylic acids is 1. The van der Waals surface area contributed by atoms with Crippen LogP contribution in [0.1, 0.15) is 13.8 Å². The van der Waals surface area contributed by atoms with Gasteiger partial charge >= 0.3 is 0 Å². The Bertz CT molecular complexity index is 98.6. The van der Waals surface area contributed by atoms with Gasteiger partial charge in [0.15, 0.2) is 0 Å². The Balaban J connectivity index is 3.91. The number of alkyl halides is 1. The van der Waals surface area contributed by atoms with Crippen LogP contribution in [0.3, 0.4) is 0 Å². The van der Waals surface area contributed by atoms with Gasteiger partial charge < -0.3 is 9.90 Å². The van der Waals surface area contributed by atoms with Gasteiger partial charge in [0.2, 0.25) is 0 Å². The number of hydrogen-bond donors (Lipinski definition) is 0. The Kier molecular flexibility index (Phi) is 2.47. The van der Waals surface area contributed by atoms with E-state index >= 15 is 0 Å². The second kappa shape index (κ2) is 2.49. The fourth-order valence-electron chi connectivity index (χ4n) is 0.0546. The highest BCUT2D eigenvalue weighted by Crippen LogP contribution is 2.15. The molecule has 0 radical (unpaired) electrons. The van der Waals surface area contributed by atoms with Crippen LogP contribution in [0, 0.1) is 5.41 Å². The second-order valence-electron chi connectivity index (χ2n) is 2.30. The van der Waals surface area contributed by atoms with Crippen LogP contribution in [0.5, 0.6) is 0 Å². The second-order valence-corrected chi connectivity index (χ2v) is 2.87. The molecule has 0 aliphatic heterocycles. The average molecular weight is 180 g/mol. The minimum absolute atomic E-state index is 0.433. The van der Waals surface area contributed by atoms with Crippen LogP contribution in [-0.4, -0.2) is 11.3 Å². The molecule has 0 fully saturated rings. The fourth-order valence-corrected chi connectivity index (χ4v) is 0.283. The molecule has 0 aliphatic carbocycles. The zero-order chi connectivity index (χ0) is 6.78. The largest absolute Gasteiger partial charge is 0.550 e. The summed E-state index contributed by atoms with van der Waals surface area (Å²) in [4.78, 5) is 10.1. The molecule has 2 nitrogen and oxygen atoms in total. The minimum Gasteiger partial charge on any atom is -0.550 e. The first kappa shape index (κ1) is 7.95. The van der Waals surface area contributed by atoms with Crippen molar-refractivity contribution in [2.24, 2.45) is 5.41 Å². The molecule has 8 heavy (non-hydrogen) atoms. The molecule has 0 saturated carbocycles. The predicted octanol–water partition coefficient (Wildman–Crippen LogP) is 0.157. The van der Waals surface area contributed by atoms with Crippen molar-refractivity contribution in [2.45, 2.75) is 13.8 Å². The molecule has 0 spiro atoms. The van der Waals surface area contributed by atoms with Crippen molar-refractivity contribution >= 4 is 21.9 Å². The quantitative estimate of drug-likeness (QED) is 0.567. The molecule has 3 heteroatoms. The molecule has 0 rings (SSSR count). The van der Waals surface area contributed by atoms with E-state index in [0.29, 0.717) is 5.33 Å². The van der Waals surface area contributed by atoms with Gasteiger partial charge in [-0.2, -0.15) is 0 Å². The maximum atomic E-state index is 10.1. The SMILES string of the molecule is CC(C)(CBr)C(=O)[O-]. The van der Waals surface area contributed by atoms with Gasteiger partial charge in [0.1, 0.15) is 0 Å². The number of carbonyl (C=O) groups excluding carboxylic acids is 1. The third-order valence-corrected chi connectivity index (χ3v) is 2.29. The lowest BCUT2D eigenvalue weighted by Gasteiger charge is -2.21. The topological polar surface area (TPSA) is 40.1 Å². The first-order chi connectivity index (χ1) is 3.50. The van der Waals surface area contributed by atoms with Crippen LogP contribution in [-0.2, 0) is 4.79 Å². The van der Waals surface area contributed by atoms with E-state index < -0.39 is 11.4 Å². The van der Waals surface area contributed by atoms with E-state index in [1.807, 2.05) is 0 Å². The predicted molar refractivity (Wildman–Crippen MR) is 32.6 cm³/mol. The molecule has 0 saturated heterocycles. The average Bonchev–Trinajstić information content (AvgIpc) is 1.67. The molecule has 0 amide bonds. The first-order valence-electron chi connectivity index (χ1n) is 2.28. The molecular formula is C5H8BrO2-. The van der Waals surface area contributed by atoms with E-state index in [0.717, 1.165) is 0 Å². The van der Waals surface area contributed by atoms with Gasteiger partial charge in [-0.15, -0.1) is 0 Å². The van der Waals surface area contributed by atoms with Gasteiger partial charge in [-0.25, -0.2) is 0 Å². The van der Waals surface area contributed by atoms with Crippen molar-refractivity contribution in [3.8, 4) is 0 Å². The molecule has 0 heterocycles. The van der Waals surface area contributed by atoms with Gasteiger partial charge in [-0.3, -0.25) is 0 Å². The normalized spacial score (nSPS) is 11.4. The number of halogens is 1. The maximum absolute atomic E-state index is 10.1. The number of hydrogen-bond acceptors (Lipinski definition) is 2. The monoisotopic (exact) mass is 179 g/mol. The summed E-state index contributed by atoms with van der Waals surface area (Å²) in [7, 11) is 0. The number of carboxylic acids is 1. The number of rotatable bonds is 2. The highest BCUT2D eigenvalue weighted by atomic mass is 79.9. The highest BCUT2D eigenvalue weighted by molar-refractivity contribution is 9.09. The van der Waals surface area contributed by atoms with Crippen LogP contribution in [0.25, 0.3) is 0 Å². The summed E-state index contributed by atoms with van der Waals surface area (Å²) in [5.41, 5.74) is -0.736. The van der Waals surface area contributed by atoms with Crippen molar-refractivity contribution in [3.63, 3.8) is 0 Å². The Morgan fingerprint density at radius 2 is 2.12 bits per heavy atom. The Morgan fingerprint density at radius 1 is 1.75 bits per heavy atom. The molecule has 0 bridgehead atoms. The van der Waals surface area contributed by atoms with E-state index in [4.69, 9.17) is 0 Å². The highest BCUT2D eigenvalue weighted by Gasteiger charge is 2.16. The van der Waals surface area contributed by atoms with Gasteiger partial charge in [0.05, 0.1) is 0 Å². The van der Waals surface area contributed by atoms with E-state index in [-0.39, 0.29) is 0 Å². The van der Waals surface area contributed by atoms with Crippen molar-refractivity contribution < 1.29 is 9.90 Å². The lowest BCUT2D eigenvalue weighted by atomic mass is 9.98. The van der Waals surface area contributed by atoms with Crippen LogP contribution in [0.2, 0.25) is 0 Å². The van der Waals surface area contributed by atoms with Gasteiger partial charge in [-0.1, -0.05) is 29.8 Å². The Labute approximate surface area is 57.0 Å². The van der Waals surface area contributed by atoms with Gasteiger partial charge in [-0.05, 0) is 0 Å². The maximum Gasteiger partial charge on any atom is 0.0479 e. The minimum atomic E-state index is -1.02. The van der Waals surface area contributed by atoms with Crippen molar-refractivity contribution in [3.05, 3.63) is 0 Å². The summed E-state index contributed by atoms with van der Waals surface area (Å²) in [6.45, 7) is 3.22. The van der Waals surface area contributed by atoms with Crippen LogP contribution in [0.4, 0.5) is 0 Å². The molecular weight excluding hydrogens is 172 g/mol. The molecule has 48 valence electrons. The smallest absolute Gasteiger partial charge is 0.0479 e. The molecule has 0 aromatic rings. The number of carboxylic acid groups (broad SMARTS) is 1. The Hall–Kier alpha value is -0.0500. The third kappa shape index (κ3) is 1.82.